The van der Waals surface area contributed by atoms with Gasteiger partial charge in [-0.2, -0.15) is 0 Å². The van der Waals surface area contributed by atoms with Crippen LogP contribution < -0.4 is 16.4 Å². The molecule has 0 aliphatic carbocycles. The second-order valence-electron chi connectivity index (χ2n) is 3.20. The molecule has 0 aliphatic heterocycles. The first-order valence-electron chi connectivity index (χ1n) is 4.77. The van der Waals surface area contributed by atoms with Gasteiger partial charge in [-0.15, -0.1) is 5.10 Å². The number of primary amides is 1. The third kappa shape index (κ3) is 4.05. The van der Waals surface area contributed by atoms with E-state index in [1.165, 1.54) is 0 Å². The zero-order valence-corrected chi connectivity index (χ0v) is 8.88. The lowest BCUT2D eigenvalue weighted by molar-refractivity contribution is -0.121. The topological polar surface area (TPSA) is 115 Å². The van der Waals surface area contributed by atoms with Crippen molar-refractivity contribution in [3.05, 3.63) is 12.4 Å². The van der Waals surface area contributed by atoms with Gasteiger partial charge >= 0.3 is 6.03 Å². The van der Waals surface area contributed by atoms with E-state index in [0.29, 0.717) is 13.1 Å². The van der Waals surface area contributed by atoms with E-state index in [4.69, 9.17) is 5.73 Å². The van der Waals surface area contributed by atoms with E-state index in [1.807, 2.05) is 5.32 Å². The average molecular weight is 226 g/mol. The summed E-state index contributed by atoms with van der Waals surface area (Å²) in [5, 5.41) is 12.3. The molecular formula is C8H14N6O2. The second kappa shape index (κ2) is 5.81. The van der Waals surface area contributed by atoms with Crippen molar-refractivity contribution < 1.29 is 9.59 Å². The normalized spacial score (nSPS) is 12.1. The quantitative estimate of drug-likeness (QED) is 0.562. The number of carbonyl (C=O) groups excluding carboxylic acids is 2. The number of urea groups is 1. The van der Waals surface area contributed by atoms with E-state index in [2.05, 4.69) is 15.6 Å². The SMILES string of the molecule is CC(NCCn1ccnn1)C(=O)NC(N)=O. The van der Waals surface area contributed by atoms with Crippen molar-refractivity contribution in [2.75, 3.05) is 6.54 Å². The molecule has 3 amide bonds. The van der Waals surface area contributed by atoms with Crippen molar-refractivity contribution in [1.29, 1.82) is 0 Å². The number of imide groups is 1. The third-order valence-electron chi connectivity index (χ3n) is 1.90. The fourth-order valence-electron chi connectivity index (χ4n) is 1.07. The lowest BCUT2D eigenvalue weighted by atomic mass is 10.3. The molecule has 1 rings (SSSR count). The average Bonchev–Trinajstić information content (AvgIpc) is 2.69. The van der Waals surface area contributed by atoms with E-state index in [0.717, 1.165) is 0 Å². The van der Waals surface area contributed by atoms with Crippen LogP contribution in [0.25, 0.3) is 0 Å². The molecule has 1 heterocycles. The van der Waals surface area contributed by atoms with Crippen molar-refractivity contribution in [2.24, 2.45) is 5.73 Å². The van der Waals surface area contributed by atoms with Crippen LogP contribution in [0.3, 0.4) is 0 Å². The van der Waals surface area contributed by atoms with Crippen LogP contribution in [0.2, 0.25) is 0 Å². The number of carbonyl (C=O) groups is 2. The molecule has 0 saturated heterocycles. The van der Waals surface area contributed by atoms with Crippen LogP contribution in [0.4, 0.5) is 4.79 Å². The summed E-state index contributed by atoms with van der Waals surface area (Å²) >= 11 is 0. The Kier molecular flexibility index (Phi) is 4.40. The maximum absolute atomic E-state index is 11.2. The molecule has 0 fully saturated rings. The molecule has 1 aromatic rings. The van der Waals surface area contributed by atoms with Crippen LogP contribution in [0.15, 0.2) is 12.4 Å². The molecule has 0 aromatic carbocycles. The van der Waals surface area contributed by atoms with Gasteiger partial charge in [0.05, 0.1) is 18.8 Å². The molecule has 0 saturated carbocycles. The minimum Gasteiger partial charge on any atom is -0.351 e. The molecule has 0 aliphatic rings. The van der Waals surface area contributed by atoms with E-state index >= 15 is 0 Å². The highest BCUT2D eigenvalue weighted by atomic mass is 16.2. The van der Waals surface area contributed by atoms with Gasteiger partial charge in [-0.05, 0) is 6.92 Å². The molecule has 4 N–H and O–H groups in total. The van der Waals surface area contributed by atoms with Gasteiger partial charge in [0.1, 0.15) is 0 Å². The van der Waals surface area contributed by atoms with Gasteiger partial charge in [-0.25, -0.2) is 4.79 Å². The zero-order chi connectivity index (χ0) is 12.0. The molecule has 0 spiro atoms. The van der Waals surface area contributed by atoms with E-state index < -0.39 is 18.0 Å². The summed E-state index contributed by atoms with van der Waals surface area (Å²) in [4.78, 5) is 21.7. The summed E-state index contributed by atoms with van der Waals surface area (Å²) in [5.74, 6) is -0.453. The molecule has 0 bridgehead atoms. The Morgan fingerprint density at radius 1 is 1.56 bits per heavy atom. The van der Waals surface area contributed by atoms with Gasteiger partial charge < -0.3 is 11.1 Å². The number of hydrogen-bond donors (Lipinski definition) is 3. The minimum atomic E-state index is -0.852. The minimum absolute atomic E-state index is 0.453. The van der Waals surface area contributed by atoms with Crippen LogP contribution in [-0.4, -0.2) is 39.5 Å². The first-order valence-corrected chi connectivity index (χ1v) is 4.77. The molecule has 0 radical (unpaired) electrons. The first-order chi connectivity index (χ1) is 7.59. The van der Waals surface area contributed by atoms with Gasteiger partial charge in [0.15, 0.2) is 0 Å². The number of nitrogens with one attached hydrogen (secondary N) is 2. The Labute approximate surface area is 92.2 Å². The maximum Gasteiger partial charge on any atom is 0.318 e. The third-order valence-corrected chi connectivity index (χ3v) is 1.90. The summed E-state index contributed by atoms with van der Waals surface area (Å²) < 4.78 is 1.63. The number of rotatable bonds is 5. The summed E-state index contributed by atoms with van der Waals surface area (Å²) in [6.45, 7) is 2.77. The van der Waals surface area contributed by atoms with Gasteiger partial charge in [0.25, 0.3) is 0 Å². The van der Waals surface area contributed by atoms with Crippen molar-refractivity contribution in [1.82, 2.24) is 25.6 Å². The standard InChI is InChI=1S/C8H14N6O2/c1-6(7(15)12-8(9)16)10-2-4-14-5-3-11-13-14/h3,5-6,10H,2,4H2,1H3,(H3,9,12,15,16). The fourth-order valence-corrected chi connectivity index (χ4v) is 1.07. The summed E-state index contributed by atoms with van der Waals surface area (Å²) in [6, 6.07) is -1.34. The molecule has 1 unspecified atom stereocenters. The number of nitrogens with zero attached hydrogens (tertiary/aromatic N) is 3. The van der Waals surface area contributed by atoms with Gasteiger partial charge in [-0.1, -0.05) is 5.21 Å². The highest BCUT2D eigenvalue weighted by Gasteiger charge is 2.12. The summed E-state index contributed by atoms with van der Waals surface area (Å²) in [5.41, 5.74) is 4.82. The number of hydrogen-bond acceptors (Lipinski definition) is 5. The smallest absolute Gasteiger partial charge is 0.318 e. The Bertz CT molecular complexity index is 349. The highest BCUT2D eigenvalue weighted by Crippen LogP contribution is 1.84. The molecule has 1 atom stereocenters. The van der Waals surface area contributed by atoms with Crippen LogP contribution >= 0.6 is 0 Å². The van der Waals surface area contributed by atoms with Gasteiger partial charge in [0.2, 0.25) is 5.91 Å². The van der Waals surface area contributed by atoms with Crippen LogP contribution in [0, 0.1) is 0 Å². The van der Waals surface area contributed by atoms with Crippen LogP contribution in [0.1, 0.15) is 6.92 Å². The van der Waals surface area contributed by atoms with Gasteiger partial charge in [0, 0.05) is 12.7 Å². The van der Waals surface area contributed by atoms with Crippen molar-refractivity contribution in [2.45, 2.75) is 19.5 Å². The number of aromatic nitrogens is 3. The monoisotopic (exact) mass is 226 g/mol. The number of amides is 3. The van der Waals surface area contributed by atoms with Crippen LogP contribution in [0.5, 0.6) is 0 Å². The predicted molar refractivity (Wildman–Crippen MR) is 55.2 cm³/mol. The molecule has 88 valence electrons. The summed E-state index contributed by atoms with van der Waals surface area (Å²) in [7, 11) is 0. The molecule has 1 aromatic heterocycles. The van der Waals surface area contributed by atoms with Crippen LogP contribution in [-0.2, 0) is 11.3 Å². The fraction of sp³-hybridized carbons (Fsp3) is 0.500. The molecular weight excluding hydrogens is 212 g/mol. The Hall–Kier alpha value is -1.96. The maximum atomic E-state index is 11.2. The predicted octanol–water partition coefficient (Wildman–Crippen LogP) is -1.55. The van der Waals surface area contributed by atoms with Crippen molar-refractivity contribution in [3.63, 3.8) is 0 Å². The van der Waals surface area contributed by atoms with E-state index in [-0.39, 0.29) is 0 Å². The summed E-state index contributed by atoms with van der Waals surface area (Å²) in [6.07, 6.45) is 3.29. The van der Waals surface area contributed by atoms with Crippen molar-refractivity contribution in [3.8, 4) is 0 Å². The second-order valence-corrected chi connectivity index (χ2v) is 3.20. The zero-order valence-electron chi connectivity index (χ0n) is 8.88. The van der Waals surface area contributed by atoms with E-state index in [9.17, 15) is 9.59 Å². The van der Waals surface area contributed by atoms with Gasteiger partial charge in [-0.3, -0.25) is 14.8 Å². The lowest BCUT2D eigenvalue weighted by Crippen LogP contribution is -2.47. The number of nitrogens with two attached hydrogens (primary N) is 1. The molecule has 16 heavy (non-hydrogen) atoms. The molecule has 8 nitrogen and oxygen atoms in total. The highest BCUT2D eigenvalue weighted by molar-refractivity contribution is 5.96. The largest absolute Gasteiger partial charge is 0.351 e. The van der Waals surface area contributed by atoms with E-state index in [1.54, 1.807) is 24.0 Å². The Morgan fingerprint density at radius 2 is 2.31 bits per heavy atom. The van der Waals surface area contributed by atoms with Crippen molar-refractivity contribution >= 4 is 11.9 Å². The first kappa shape index (κ1) is 12.1. The lowest BCUT2D eigenvalue weighted by Gasteiger charge is -2.11. The Morgan fingerprint density at radius 3 is 2.88 bits per heavy atom. The molecule has 8 heteroatoms. The Balaban J connectivity index is 2.22.